The van der Waals surface area contributed by atoms with Crippen molar-refractivity contribution in [1.82, 2.24) is 4.90 Å². The average Bonchev–Trinajstić information content (AvgIpc) is 2.63. The molecule has 126 valence electrons. The molecule has 0 bridgehead atoms. The fourth-order valence-electron chi connectivity index (χ4n) is 2.64. The first kappa shape index (κ1) is 17.7. The van der Waals surface area contributed by atoms with Crippen molar-refractivity contribution < 1.29 is 14.3 Å². The molecule has 0 aliphatic heterocycles. The van der Waals surface area contributed by atoms with Crippen molar-refractivity contribution in [2.45, 2.75) is 13.8 Å². The molecule has 0 radical (unpaired) electrons. The van der Waals surface area contributed by atoms with Gasteiger partial charge in [-0.05, 0) is 29.3 Å². The molecule has 0 fully saturated rings. The van der Waals surface area contributed by atoms with E-state index in [9.17, 15) is 9.59 Å². The van der Waals surface area contributed by atoms with Gasteiger partial charge in [-0.25, -0.2) is 0 Å². The first-order valence-corrected chi connectivity index (χ1v) is 8.09. The van der Waals surface area contributed by atoms with Gasteiger partial charge >= 0.3 is 5.97 Å². The molecule has 0 spiro atoms. The summed E-state index contributed by atoms with van der Waals surface area (Å²) in [5.41, 5.74) is 0.999. The van der Waals surface area contributed by atoms with Gasteiger partial charge in [0.15, 0.2) is 0 Å². The Kier molecular flexibility index (Phi) is 6.13. The van der Waals surface area contributed by atoms with Gasteiger partial charge in [0.25, 0.3) is 0 Å². The van der Waals surface area contributed by atoms with E-state index in [0.717, 1.165) is 16.3 Å². The van der Waals surface area contributed by atoms with Crippen LogP contribution in [0.4, 0.5) is 0 Å². The van der Waals surface area contributed by atoms with Gasteiger partial charge in [-0.2, -0.15) is 0 Å². The highest BCUT2D eigenvalue weighted by atomic mass is 16.5. The van der Waals surface area contributed by atoms with Crippen LogP contribution < -0.4 is 0 Å². The van der Waals surface area contributed by atoms with Crippen LogP contribution in [-0.2, 0) is 14.3 Å². The van der Waals surface area contributed by atoms with E-state index >= 15 is 0 Å². The van der Waals surface area contributed by atoms with Crippen molar-refractivity contribution in [2.24, 2.45) is 5.92 Å². The number of hydrogen-bond donors (Lipinski definition) is 0. The zero-order chi connectivity index (χ0) is 17.5. The number of nitrogens with zero attached hydrogens (tertiary/aromatic N) is 1. The highest BCUT2D eigenvalue weighted by Crippen LogP contribution is 2.19. The molecule has 0 heterocycles. The third kappa shape index (κ3) is 4.22. The van der Waals surface area contributed by atoms with Crippen LogP contribution in [0.3, 0.4) is 0 Å². The predicted molar refractivity (Wildman–Crippen MR) is 96.4 cm³/mol. The topological polar surface area (TPSA) is 46.6 Å². The van der Waals surface area contributed by atoms with Crippen molar-refractivity contribution in [2.75, 3.05) is 20.2 Å². The van der Waals surface area contributed by atoms with E-state index in [1.165, 1.54) is 7.11 Å². The minimum absolute atomic E-state index is 0.110. The van der Waals surface area contributed by atoms with Gasteiger partial charge in [0, 0.05) is 19.2 Å². The minimum atomic E-state index is -0.343. The number of ether oxygens (including phenoxy) is 1. The maximum atomic E-state index is 12.4. The Bertz CT molecular complexity index is 746. The van der Waals surface area contributed by atoms with Crippen LogP contribution in [0.5, 0.6) is 0 Å². The van der Waals surface area contributed by atoms with Crippen LogP contribution in [0.1, 0.15) is 19.4 Å². The largest absolute Gasteiger partial charge is 0.469 e. The Morgan fingerprint density at radius 3 is 2.58 bits per heavy atom. The summed E-state index contributed by atoms with van der Waals surface area (Å²) in [6, 6.07) is 14.1. The number of rotatable bonds is 6. The SMILES string of the molecule is CCN(CC(C)C(=O)OC)C(=O)/C=C/c1cccc2ccccc12. The normalized spacial score (nSPS) is 12.3. The van der Waals surface area contributed by atoms with Crippen molar-refractivity contribution in [3.63, 3.8) is 0 Å². The number of likely N-dealkylation sites (N-methyl/N-ethyl adjacent to an activating group) is 1. The number of esters is 1. The molecule has 0 aliphatic carbocycles. The molecule has 0 N–H and O–H groups in total. The molecule has 2 aromatic carbocycles. The van der Waals surface area contributed by atoms with Crippen molar-refractivity contribution in [3.05, 3.63) is 54.1 Å². The Balaban J connectivity index is 2.14. The predicted octanol–water partition coefficient (Wildman–Crippen LogP) is 3.51. The third-order valence-corrected chi connectivity index (χ3v) is 4.02. The summed E-state index contributed by atoms with van der Waals surface area (Å²) >= 11 is 0. The van der Waals surface area contributed by atoms with E-state index in [-0.39, 0.29) is 17.8 Å². The second-order valence-corrected chi connectivity index (χ2v) is 5.70. The lowest BCUT2D eigenvalue weighted by atomic mass is 10.0. The zero-order valence-corrected chi connectivity index (χ0v) is 14.4. The molecule has 4 heteroatoms. The number of carbonyl (C=O) groups is 2. The Morgan fingerprint density at radius 1 is 1.17 bits per heavy atom. The van der Waals surface area contributed by atoms with Gasteiger partial charge in [-0.15, -0.1) is 0 Å². The molecule has 0 aliphatic rings. The quantitative estimate of drug-likeness (QED) is 0.603. The number of methoxy groups -OCH3 is 1. The number of amides is 1. The Labute approximate surface area is 142 Å². The van der Waals surface area contributed by atoms with Crippen LogP contribution in [0, 0.1) is 5.92 Å². The monoisotopic (exact) mass is 325 g/mol. The first-order valence-electron chi connectivity index (χ1n) is 8.09. The number of carbonyl (C=O) groups excluding carboxylic acids is 2. The van der Waals surface area contributed by atoms with E-state index in [1.807, 2.05) is 55.5 Å². The Morgan fingerprint density at radius 2 is 1.88 bits per heavy atom. The maximum Gasteiger partial charge on any atom is 0.310 e. The second kappa shape index (κ2) is 8.29. The van der Waals surface area contributed by atoms with Gasteiger partial charge in [-0.1, -0.05) is 49.4 Å². The van der Waals surface area contributed by atoms with Crippen LogP contribution >= 0.6 is 0 Å². The molecule has 4 nitrogen and oxygen atoms in total. The molecule has 2 rings (SSSR count). The summed E-state index contributed by atoms with van der Waals surface area (Å²) < 4.78 is 4.72. The molecule has 0 aromatic heterocycles. The molecular formula is C20H23NO3. The summed E-state index contributed by atoms with van der Waals surface area (Å²) in [6.07, 6.45) is 3.39. The van der Waals surface area contributed by atoms with E-state index in [1.54, 1.807) is 17.9 Å². The van der Waals surface area contributed by atoms with Crippen LogP contribution in [0.2, 0.25) is 0 Å². The number of hydrogen-bond acceptors (Lipinski definition) is 3. The Hall–Kier alpha value is -2.62. The van der Waals surface area contributed by atoms with Gasteiger partial charge in [0.1, 0.15) is 0 Å². The molecule has 1 unspecified atom stereocenters. The van der Waals surface area contributed by atoms with Gasteiger partial charge in [0.2, 0.25) is 5.91 Å². The van der Waals surface area contributed by atoms with Crippen LogP contribution in [-0.4, -0.2) is 37.0 Å². The molecule has 1 atom stereocenters. The molecule has 2 aromatic rings. The van der Waals surface area contributed by atoms with Gasteiger partial charge < -0.3 is 9.64 Å². The summed E-state index contributed by atoms with van der Waals surface area (Å²) in [4.78, 5) is 25.6. The molecule has 1 amide bonds. The lowest BCUT2D eigenvalue weighted by Gasteiger charge is -2.22. The molecule has 0 saturated carbocycles. The van der Waals surface area contributed by atoms with Crippen LogP contribution in [0.25, 0.3) is 16.8 Å². The summed E-state index contributed by atoms with van der Waals surface area (Å²) in [5, 5.41) is 2.24. The molecule has 0 saturated heterocycles. The second-order valence-electron chi connectivity index (χ2n) is 5.70. The lowest BCUT2D eigenvalue weighted by Crippen LogP contribution is -2.36. The van der Waals surface area contributed by atoms with E-state index in [4.69, 9.17) is 4.74 Å². The highest BCUT2D eigenvalue weighted by molar-refractivity contribution is 5.96. The van der Waals surface area contributed by atoms with E-state index in [0.29, 0.717) is 13.1 Å². The summed E-state index contributed by atoms with van der Waals surface area (Å²) in [6.45, 7) is 4.55. The van der Waals surface area contributed by atoms with Gasteiger partial charge in [-0.3, -0.25) is 9.59 Å². The zero-order valence-electron chi connectivity index (χ0n) is 14.4. The first-order chi connectivity index (χ1) is 11.6. The standard InChI is InChI=1S/C20H23NO3/c1-4-21(14-15(2)20(23)24-3)19(22)13-12-17-10-7-9-16-8-5-6-11-18(16)17/h5-13,15H,4,14H2,1-3H3/b13-12+. The lowest BCUT2D eigenvalue weighted by molar-refractivity contribution is -0.146. The smallest absolute Gasteiger partial charge is 0.310 e. The van der Waals surface area contributed by atoms with E-state index < -0.39 is 0 Å². The summed E-state index contributed by atoms with van der Waals surface area (Å²) in [7, 11) is 1.36. The van der Waals surface area contributed by atoms with Crippen molar-refractivity contribution in [1.29, 1.82) is 0 Å². The highest BCUT2D eigenvalue weighted by Gasteiger charge is 2.19. The van der Waals surface area contributed by atoms with Crippen molar-refractivity contribution >= 4 is 28.7 Å². The maximum absolute atomic E-state index is 12.4. The summed E-state index contributed by atoms with van der Waals surface area (Å²) in [5.74, 6) is -0.759. The van der Waals surface area contributed by atoms with Crippen molar-refractivity contribution in [3.8, 4) is 0 Å². The van der Waals surface area contributed by atoms with Gasteiger partial charge in [0.05, 0.1) is 13.0 Å². The molecule has 24 heavy (non-hydrogen) atoms. The fourth-order valence-corrected chi connectivity index (χ4v) is 2.64. The average molecular weight is 325 g/mol. The number of fused-ring (bicyclic) bond motifs is 1. The molecular weight excluding hydrogens is 302 g/mol. The minimum Gasteiger partial charge on any atom is -0.469 e. The number of benzene rings is 2. The third-order valence-electron chi connectivity index (χ3n) is 4.02. The fraction of sp³-hybridized carbons (Fsp3) is 0.300. The van der Waals surface area contributed by atoms with Crippen LogP contribution in [0.15, 0.2) is 48.5 Å². The van der Waals surface area contributed by atoms with E-state index in [2.05, 4.69) is 0 Å².